The molecule has 0 N–H and O–H groups in total. The third-order valence-electron chi connectivity index (χ3n) is 29.7. The number of benzene rings is 19. The molecule has 13 aromatic heterocycles. The second-order valence-corrected chi connectivity index (χ2v) is 38.0. The minimum atomic E-state index is 0.658. The Morgan fingerprint density at radius 2 is 0.456 bits per heavy atom. The number of hydrogen-bond acceptors (Lipinski definition) is 14. The summed E-state index contributed by atoms with van der Waals surface area (Å²) in [6.45, 7) is 0. The van der Waals surface area contributed by atoms with Crippen LogP contribution >= 0.6 is 0 Å². The average molecular weight is 1900 g/mol. The van der Waals surface area contributed by atoms with Gasteiger partial charge in [-0.3, -0.25) is 29.9 Å². The summed E-state index contributed by atoms with van der Waals surface area (Å²) in [6, 6.07) is 147. The lowest BCUT2D eigenvalue weighted by molar-refractivity contribution is 0.672. The van der Waals surface area contributed by atoms with Crippen LogP contribution in [0.5, 0.6) is 0 Å². The molecule has 32 rings (SSSR count). The van der Waals surface area contributed by atoms with Crippen molar-refractivity contribution in [1.82, 2.24) is 54.8 Å². The SMILES string of the molecule is c1cnc2c(c1)cc(-c1ccc(-c3ccc(-c4nc5ccccc5c5c4ccc4c6ccccc6oc45)cc3)c3ccccc13)c1cccnc12.c1cnc2c(c1)cc(-c1ccc3cc(-c4ccc(-c5nc6ccccc6c6c5ccc5c7ccccc7oc56)cc4)ccc3c1)c1cccnc12.c1cnc2c(c1)cc(-c1cnc(-c3ccc(-c4nc5ccccc5c5c4ccc4c6ccccc6oc45)cc3)nc1)c1cccnc12. The molecule has 14 nitrogen and oxygen atoms in total. The van der Waals surface area contributed by atoms with Crippen molar-refractivity contribution in [1.29, 1.82) is 0 Å². The fourth-order valence-corrected chi connectivity index (χ4v) is 22.7. The molecule has 19 aromatic carbocycles. The molecule has 149 heavy (non-hydrogen) atoms. The van der Waals surface area contributed by atoms with Crippen LogP contribution in [0.2, 0.25) is 0 Å². The molecule has 0 spiro atoms. The van der Waals surface area contributed by atoms with E-state index in [0.717, 1.165) is 269 Å². The summed E-state index contributed by atoms with van der Waals surface area (Å²) in [5, 5.41) is 27.7. The summed E-state index contributed by atoms with van der Waals surface area (Å²) < 4.78 is 19.5. The average Bonchev–Trinajstić information content (AvgIpc) is 1.66. The van der Waals surface area contributed by atoms with E-state index in [0.29, 0.717) is 5.82 Å². The molecule has 0 unspecified atom stereocenters. The van der Waals surface area contributed by atoms with E-state index in [2.05, 4.69) is 354 Å². The van der Waals surface area contributed by atoms with Gasteiger partial charge in [0, 0.05) is 191 Å². The molecule has 0 aliphatic rings. The molecule has 0 aliphatic heterocycles. The molecule has 0 amide bonds. The lowest BCUT2D eigenvalue weighted by Crippen LogP contribution is -1.93. The zero-order valence-corrected chi connectivity index (χ0v) is 79.6. The number of hydrogen-bond donors (Lipinski definition) is 0. The minimum Gasteiger partial charge on any atom is -0.455 e. The Hall–Kier alpha value is -20.4. The Balaban J connectivity index is 0.000000103. The van der Waals surface area contributed by atoms with Crippen molar-refractivity contribution in [2.75, 3.05) is 0 Å². The Morgan fingerprint density at radius 1 is 0.154 bits per heavy atom. The van der Waals surface area contributed by atoms with Crippen molar-refractivity contribution < 1.29 is 13.3 Å². The predicted molar refractivity (Wildman–Crippen MR) is 611 cm³/mol. The van der Waals surface area contributed by atoms with E-state index in [-0.39, 0.29) is 0 Å². The van der Waals surface area contributed by atoms with Crippen LogP contribution < -0.4 is 0 Å². The number of nitrogens with zero attached hydrogens (tertiary/aromatic N) is 11. The van der Waals surface area contributed by atoms with Crippen LogP contribution in [0, 0.1) is 0 Å². The maximum absolute atomic E-state index is 6.53. The normalized spacial score (nSPS) is 11.9. The molecule has 13 heterocycles. The van der Waals surface area contributed by atoms with Gasteiger partial charge in [-0.05, 0) is 193 Å². The van der Waals surface area contributed by atoms with Crippen LogP contribution in [0.4, 0.5) is 0 Å². The van der Waals surface area contributed by atoms with E-state index in [9.17, 15) is 0 Å². The van der Waals surface area contributed by atoms with Gasteiger partial charge in [-0.25, -0.2) is 24.9 Å². The monoisotopic (exact) mass is 1900 g/mol. The molecule has 0 atom stereocenters. The maximum Gasteiger partial charge on any atom is 0.159 e. The molecule has 0 saturated heterocycles. The molecular weight excluding hydrogens is 1820 g/mol. The fraction of sp³-hybridized carbons (Fsp3) is 0. The van der Waals surface area contributed by atoms with Crippen LogP contribution in [0.25, 0.3) is 319 Å². The number of aromatic nitrogens is 11. The first-order chi connectivity index (χ1) is 73.9. The largest absolute Gasteiger partial charge is 0.455 e. The molecule has 690 valence electrons. The first kappa shape index (κ1) is 84.3. The summed E-state index contributed by atoms with van der Waals surface area (Å²) in [4.78, 5) is 53.1. The molecule has 0 aliphatic carbocycles. The van der Waals surface area contributed by atoms with Crippen molar-refractivity contribution in [2.24, 2.45) is 0 Å². The van der Waals surface area contributed by atoms with Crippen LogP contribution in [-0.2, 0) is 0 Å². The quantitative estimate of drug-likeness (QED) is 0.124. The van der Waals surface area contributed by atoms with Gasteiger partial charge < -0.3 is 13.3 Å². The van der Waals surface area contributed by atoms with E-state index < -0.39 is 0 Å². The summed E-state index contributed by atoms with van der Waals surface area (Å²) >= 11 is 0. The van der Waals surface area contributed by atoms with E-state index in [1.165, 1.54) is 43.8 Å². The third kappa shape index (κ3) is 13.9. The van der Waals surface area contributed by atoms with Crippen LogP contribution in [0.15, 0.2) is 481 Å². The van der Waals surface area contributed by atoms with Crippen molar-refractivity contribution in [3.8, 4) is 101 Å². The highest BCUT2D eigenvalue weighted by atomic mass is 16.3. The number of rotatable bonds is 9. The Labute approximate surface area is 849 Å². The van der Waals surface area contributed by atoms with Gasteiger partial charge in [0.15, 0.2) is 5.82 Å². The first-order valence-electron chi connectivity index (χ1n) is 49.8. The van der Waals surface area contributed by atoms with Gasteiger partial charge in [0.2, 0.25) is 0 Å². The topological polar surface area (TPSA) is 181 Å². The summed E-state index contributed by atoms with van der Waals surface area (Å²) in [5.41, 5.74) is 31.9. The van der Waals surface area contributed by atoms with Gasteiger partial charge in [-0.15, -0.1) is 0 Å². The van der Waals surface area contributed by atoms with Gasteiger partial charge in [0.25, 0.3) is 0 Å². The molecule has 0 radical (unpaired) electrons. The van der Waals surface area contributed by atoms with Crippen molar-refractivity contribution >= 4 is 218 Å². The third-order valence-corrected chi connectivity index (χ3v) is 29.7. The Bertz CT molecular complexity index is 11200. The van der Waals surface area contributed by atoms with Gasteiger partial charge in [-0.1, -0.05) is 297 Å². The number of para-hydroxylation sites is 6. The lowest BCUT2D eigenvalue weighted by atomic mass is 9.89. The summed E-state index contributed by atoms with van der Waals surface area (Å²) in [5.74, 6) is 0.658. The number of furan rings is 3. The molecule has 0 bridgehead atoms. The lowest BCUT2D eigenvalue weighted by Gasteiger charge is -2.15. The summed E-state index contributed by atoms with van der Waals surface area (Å²) in [7, 11) is 0. The highest BCUT2D eigenvalue weighted by Gasteiger charge is 2.26. The van der Waals surface area contributed by atoms with Crippen molar-refractivity contribution in [3.05, 3.63) is 468 Å². The second kappa shape index (κ2) is 34.2. The van der Waals surface area contributed by atoms with Gasteiger partial charge in [-0.2, -0.15) is 0 Å². The van der Waals surface area contributed by atoms with E-state index in [1.54, 1.807) is 12.4 Å². The molecule has 14 heteroatoms. The van der Waals surface area contributed by atoms with E-state index >= 15 is 0 Å². The zero-order chi connectivity index (χ0) is 97.8. The minimum absolute atomic E-state index is 0.658. The predicted octanol–water partition coefficient (Wildman–Crippen LogP) is 35.3. The van der Waals surface area contributed by atoms with Gasteiger partial charge in [0.05, 0.1) is 66.7 Å². The number of fused-ring (bicyclic) bond motifs is 32. The van der Waals surface area contributed by atoms with Crippen molar-refractivity contribution in [3.63, 3.8) is 0 Å². The van der Waals surface area contributed by atoms with Crippen molar-refractivity contribution in [2.45, 2.75) is 0 Å². The second-order valence-electron chi connectivity index (χ2n) is 38.0. The Kier molecular flexibility index (Phi) is 19.4. The molecular formula is C135H77N11O3. The first-order valence-corrected chi connectivity index (χ1v) is 49.8. The highest BCUT2D eigenvalue weighted by molar-refractivity contribution is 6.29. The zero-order valence-electron chi connectivity index (χ0n) is 79.6. The van der Waals surface area contributed by atoms with Crippen LogP contribution in [0.3, 0.4) is 0 Å². The highest BCUT2D eigenvalue weighted by Crippen LogP contribution is 2.49. The molecule has 0 fully saturated rings. The van der Waals surface area contributed by atoms with E-state index in [1.807, 2.05) is 122 Å². The maximum atomic E-state index is 6.53. The van der Waals surface area contributed by atoms with Crippen LogP contribution in [-0.4, -0.2) is 54.8 Å². The van der Waals surface area contributed by atoms with Crippen LogP contribution in [0.1, 0.15) is 0 Å². The van der Waals surface area contributed by atoms with Gasteiger partial charge >= 0.3 is 0 Å². The number of pyridine rings is 9. The Morgan fingerprint density at radius 3 is 0.886 bits per heavy atom. The molecule has 32 aromatic rings. The smallest absolute Gasteiger partial charge is 0.159 e. The standard InChI is InChI=1S/2C47H27N3O.C41H23N5O/c1-3-11-41-38(9-1)43-39(22-21-37-35-8-2-4-12-42(35)51-47(37)43)44(50-41)29-15-13-28(14-16-29)30-17-18-32-26-33(20-19-31(32)25-30)40-27-34-7-5-23-48-45(34)46-36(40)10-6-24-49-46;1-2-11-33-32(10-1)31(21-22-34(33)40-27-30-9-7-25-48-45(30)46-36(40)14-8-26-49-46)28-17-19-29(20-18-28)44-39-24-23-37-35-12-4-6-16-42(35)51-47(37)43(39)38-13-3-5-15-41(38)50-44;1-3-11-34-31(9-1)36-32(18-17-30-28-8-2-4-12-35(28)47-40(30)36)37(46-34)24-13-15-25(16-14-24)41-44-22-27(23-45-41)33-21-26-7-5-19-42-38(26)39-29(33)10-6-20-43-39/h2*1-27H;1-23H. The summed E-state index contributed by atoms with van der Waals surface area (Å²) in [6.07, 6.45) is 14.7. The molecule has 0 saturated carbocycles. The van der Waals surface area contributed by atoms with E-state index in [4.69, 9.17) is 48.1 Å². The van der Waals surface area contributed by atoms with Gasteiger partial charge in [0.1, 0.15) is 33.5 Å². The fourth-order valence-electron chi connectivity index (χ4n) is 22.7.